The number of nitrogens with two attached hydrogens (primary N) is 1. The van der Waals surface area contributed by atoms with Gasteiger partial charge in [0.05, 0.1) is 22.6 Å². The molecule has 1 atom stereocenters. The summed E-state index contributed by atoms with van der Waals surface area (Å²) in [6.07, 6.45) is 4.39. The van der Waals surface area contributed by atoms with Gasteiger partial charge in [-0.15, -0.1) is 21.5 Å². The van der Waals surface area contributed by atoms with Gasteiger partial charge in [-0.3, -0.25) is 9.59 Å². The van der Waals surface area contributed by atoms with Crippen molar-refractivity contribution in [1.82, 2.24) is 14.8 Å². The molecule has 0 aromatic carbocycles. The predicted octanol–water partition coefficient (Wildman–Crippen LogP) is 3.15. The molecule has 4 rings (SSSR count). The van der Waals surface area contributed by atoms with Crippen molar-refractivity contribution < 1.29 is 14.0 Å². The van der Waals surface area contributed by atoms with Crippen molar-refractivity contribution in [2.24, 2.45) is 12.8 Å². The maximum atomic E-state index is 12.8. The number of primary amides is 1. The minimum Gasteiger partial charge on any atom is -0.469 e. The first kappa shape index (κ1) is 19.7. The van der Waals surface area contributed by atoms with E-state index in [1.54, 1.807) is 13.2 Å². The molecule has 0 saturated carbocycles. The average Bonchev–Trinajstić information content (AvgIpc) is 3.41. The van der Waals surface area contributed by atoms with Crippen LogP contribution in [0.1, 0.15) is 39.9 Å². The molecule has 3 aromatic heterocycles. The molecule has 152 valence electrons. The maximum absolute atomic E-state index is 12.8. The smallest absolute Gasteiger partial charge is 0.251 e. The molecular formula is C19H21N5O3S2. The minimum absolute atomic E-state index is 0.207. The Morgan fingerprint density at radius 2 is 2.17 bits per heavy atom. The highest BCUT2D eigenvalue weighted by atomic mass is 32.2. The number of anilines is 1. The molecule has 0 radical (unpaired) electrons. The van der Waals surface area contributed by atoms with E-state index in [1.165, 1.54) is 23.1 Å². The minimum atomic E-state index is -0.492. The first-order valence-electron chi connectivity index (χ1n) is 9.22. The number of hydrogen-bond donors (Lipinski definition) is 2. The van der Waals surface area contributed by atoms with Gasteiger partial charge in [-0.1, -0.05) is 11.8 Å². The molecule has 3 aromatic rings. The number of rotatable bonds is 6. The Morgan fingerprint density at radius 3 is 2.86 bits per heavy atom. The number of aryl methyl sites for hydroxylation is 2. The lowest BCUT2D eigenvalue weighted by atomic mass is 10.1. The molecule has 3 N–H and O–H groups in total. The van der Waals surface area contributed by atoms with Crippen molar-refractivity contribution in [3.63, 3.8) is 0 Å². The van der Waals surface area contributed by atoms with Gasteiger partial charge in [0.2, 0.25) is 5.91 Å². The van der Waals surface area contributed by atoms with Gasteiger partial charge in [-0.2, -0.15) is 0 Å². The molecular weight excluding hydrogens is 410 g/mol. The van der Waals surface area contributed by atoms with Gasteiger partial charge in [-0.05, 0) is 44.7 Å². The Kier molecular flexibility index (Phi) is 5.22. The van der Waals surface area contributed by atoms with Crippen LogP contribution in [0.15, 0.2) is 21.9 Å². The number of hydrogen-bond acceptors (Lipinski definition) is 7. The molecule has 1 aliphatic carbocycles. The molecule has 3 heterocycles. The van der Waals surface area contributed by atoms with Crippen molar-refractivity contribution in [2.75, 3.05) is 5.32 Å². The number of thiophene rings is 1. The van der Waals surface area contributed by atoms with Crippen LogP contribution in [-0.4, -0.2) is 31.8 Å². The molecule has 0 aliphatic heterocycles. The Bertz CT molecular complexity index is 1100. The lowest BCUT2D eigenvalue weighted by molar-refractivity contribution is -0.115. The van der Waals surface area contributed by atoms with Crippen LogP contribution in [0, 0.1) is 6.92 Å². The Morgan fingerprint density at radius 1 is 1.38 bits per heavy atom. The van der Waals surface area contributed by atoms with Crippen LogP contribution in [0.25, 0.3) is 11.4 Å². The third-order valence-corrected chi connectivity index (χ3v) is 7.33. The van der Waals surface area contributed by atoms with Crippen LogP contribution in [0.2, 0.25) is 0 Å². The second kappa shape index (κ2) is 7.68. The van der Waals surface area contributed by atoms with Gasteiger partial charge in [-0.25, -0.2) is 0 Å². The molecule has 0 fully saturated rings. The number of aromatic nitrogens is 3. The summed E-state index contributed by atoms with van der Waals surface area (Å²) < 4.78 is 7.17. The summed E-state index contributed by atoms with van der Waals surface area (Å²) in [5.74, 6) is 0.736. The van der Waals surface area contributed by atoms with Crippen LogP contribution < -0.4 is 11.1 Å². The summed E-state index contributed by atoms with van der Waals surface area (Å²) in [7, 11) is 1.85. The fourth-order valence-corrected chi connectivity index (χ4v) is 5.56. The van der Waals surface area contributed by atoms with Crippen molar-refractivity contribution in [3.8, 4) is 11.4 Å². The summed E-state index contributed by atoms with van der Waals surface area (Å²) in [6, 6.07) is 1.84. The monoisotopic (exact) mass is 431 g/mol. The zero-order valence-electron chi connectivity index (χ0n) is 16.3. The number of amides is 2. The Labute approximate surface area is 175 Å². The summed E-state index contributed by atoms with van der Waals surface area (Å²) in [6.45, 7) is 3.66. The summed E-state index contributed by atoms with van der Waals surface area (Å²) in [5.41, 5.74) is 7.89. The normalized spacial score (nSPS) is 14.0. The van der Waals surface area contributed by atoms with E-state index in [0.29, 0.717) is 21.5 Å². The summed E-state index contributed by atoms with van der Waals surface area (Å²) in [4.78, 5) is 25.8. The van der Waals surface area contributed by atoms with Gasteiger partial charge in [0.15, 0.2) is 11.0 Å². The Hall–Kier alpha value is -2.59. The first-order chi connectivity index (χ1) is 13.9. The second-order valence-electron chi connectivity index (χ2n) is 6.93. The molecule has 29 heavy (non-hydrogen) atoms. The highest BCUT2D eigenvalue weighted by molar-refractivity contribution is 8.00. The Balaban J connectivity index is 1.50. The predicted molar refractivity (Wildman–Crippen MR) is 112 cm³/mol. The number of carbonyl (C=O) groups is 2. The zero-order chi connectivity index (χ0) is 20.7. The number of nitrogens with one attached hydrogen (secondary N) is 1. The fraction of sp³-hybridized carbons (Fsp3) is 0.368. The summed E-state index contributed by atoms with van der Waals surface area (Å²) in [5, 5.41) is 12.1. The lowest BCUT2D eigenvalue weighted by Crippen LogP contribution is -2.24. The topological polar surface area (TPSA) is 116 Å². The van der Waals surface area contributed by atoms with Crippen molar-refractivity contribution >= 4 is 39.9 Å². The SMILES string of the molecule is Cc1occc1-c1nnc(S[C@H](C)C(=O)Nc2sc3c(c2C(N)=O)CCC3)n1C. The molecule has 0 spiro atoms. The van der Waals surface area contributed by atoms with Gasteiger partial charge < -0.3 is 20.0 Å². The van der Waals surface area contributed by atoms with E-state index < -0.39 is 11.2 Å². The molecule has 1 aliphatic rings. The third-order valence-electron chi connectivity index (χ3n) is 4.99. The van der Waals surface area contributed by atoms with Gasteiger partial charge >= 0.3 is 0 Å². The molecule has 10 heteroatoms. The van der Waals surface area contributed by atoms with E-state index in [9.17, 15) is 9.59 Å². The quantitative estimate of drug-likeness (QED) is 0.579. The van der Waals surface area contributed by atoms with E-state index in [-0.39, 0.29) is 5.91 Å². The largest absolute Gasteiger partial charge is 0.469 e. The number of carbonyl (C=O) groups excluding carboxylic acids is 2. The van der Waals surface area contributed by atoms with Crippen LogP contribution in [0.4, 0.5) is 5.00 Å². The molecule has 0 unspecified atom stereocenters. The lowest BCUT2D eigenvalue weighted by Gasteiger charge is -2.12. The van der Waals surface area contributed by atoms with Gasteiger partial charge in [0.1, 0.15) is 10.8 Å². The van der Waals surface area contributed by atoms with E-state index in [2.05, 4.69) is 15.5 Å². The molecule has 2 amide bonds. The highest BCUT2D eigenvalue weighted by Crippen LogP contribution is 2.39. The number of furan rings is 1. The van der Waals surface area contributed by atoms with Crippen LogP contribution >= 0.6 is 23.1 Å². The molecule has 8 nitrogen and oxygen atoms in total. The summed E-state index contributed by atoms with van der Waals surface area (Å²) >= 11 is 2.75. The van der Waals surface area contributed by atoms with Gasteiger partial charge in [0, 0.05) is 11.9 Å². The van der Waals surface area contributed by atoms with E-state index in [0.717, 1.165) is 41.0 Å². The molecule has 0 saturated heterocycles. The van der Waals surface area contributed by atoms with Crippen LogP contribution in [0.3, 0.4) is 0 Å². The average molecular weight is 432 g/mol. The number of thioether (sulfide) groups is 1. The van der Waals surface area contributed by atoms with E-state index in [1.807, 2.05) is 24.6 Å². The first-order valence-corrected chi connectivity index (χ1v) is 10.9. The number of fused-ring (bicyclic) bond motifs is 1. The van der Waals surface area contributed by atoms with Crippen LogP contribution in [0.5, 0.6) is 0 Å². The van der Waals surface area contributed by atoms with E-state index >= 15 is 0 Å². The highest BCUT2D eigenvalue weighted by Gasteiger charge is 2.28. The third kappa shape index (κ3) is 3.58. The fourth-order valence-electron chi connectivity index (χ4n) is 3.45. The standard InChI is InChI=1S/C19H21N5O3S2/c1-9-11(7-8-27-9)16-22-23-19(24(16)3)28-10(2)17(26)21-18-14(15(20)25)12-5-4-6-13(12)29-18/h7-8,10H,4-6H2,1-3H3,(H2,20,25)(H,21,26)/t10-/m1/s1. The van der Waals surface area contributed by atoms with E-state index in [4.69, 9.17) is 10.2 Å². The van der Waals surface area contributed by atoms with Crippen molar-refractivity contribution in [2.45, 2.75) is 43.5 Å². The maximum Gasteiger partial charge on any atom is 0.251 e. The second-order valence-corrected chi connectivity index (χ2v) is 9.34. The molecule has 0 bridgehead atoms. The van der Waals surface area contributed by atoms with Crippen molar-refractivity contribution in [3.05, 3.63) is 34.1 Å². The van der Waals surface area contributed by atoms with Crippen LogP contribution in [-0.2, 0) is 24.7 Å². The van der Waals surface area contributed by atoms with Crippen molar-refractivity contribution in [1.29, 1.82) is 0 Å². The zero-order valence-corrected chi connectivity index (χ0v) is 17.9. The number of nitrogens with zero attached hydrogens (tertiary/aromatic N) is 3. The van der Waals surface area contributed by atoms with Gasteiger partial charge in [0.25, 0.3) is 5.91 Å².